The molecule has 14 nitrogen and oxygen atoms in total. The maximum atomic E-state index is 12.4. The molecule has 0 aromatic heterocycles. The van der Waals surface area contributed by atoms with Crippen LogP contribution in [0.4, 0.5) is 22.7 Å². The van der Waals surface area contributed by atoms with Crippen LogP contribution in [0.2, 0.25) is 0 Å². The summed E-state index contributed by atoms with van der Waals surface area (Å²) in [6, 6.07) is 12.5. The van der Waals surface area contributed by atoms with E-state index in [4.69, 9.17) is 9.47 Å². The van der Waals surface area contributed by atoms with Crippen molar-refractivity contribution in [3.63, 3.8) is 0 Å². The number of carbonyl (C=O) groups excluding carboxylic acids is 1. The summed E-state index contributed by atoms with van der Waals surface area (Å²) in [5.74, 6) is -0.644. The van der Waals surface area contributed by atoms with Gasteiger partial charge in [-0.3, -0.25) is 35.8 Å². The van der Waals surface area contributed by atoms with Gasteiger partial charge in [-0.1, -0.05) is 6.07 Å². The minimum atomic E-state index is -0.833. The summed E-state index contributed by atoms with van der Waals surface area (Å²) >= 11 is 0. The standard InChI is InChI=1S/C21H15N5O9/c1-34-20-9-13(12-22-23-17-7-6-16(25(30)31)11-18(17)26(32)33)5-8-19(20)35-21(27)14-3-2-4-15(10-14)24(28)29/h2-12,23H,1H3/b22-12+. The van der Waals surface area contributed by atoms with Crippen LogP contribution in [-0.2, 0) is 0 Å². The topological polar surface area (TPSA) is 189 Å². The van der Waals surface area contributed by atoms with Crippen LogP contribution in [0.25, 0.3) is 0 Å². The van der Waals surface area contributed by atoms with Gasteiger partial charge in [-0.05, 0) is 35.9 Å². The predicted molar refractivity (Wildman–Crippen MR) is 122 cm³/mol. The second kappa shape index (κ2) is 10.5. The van der Waals surface area contributed by atoms with Crippen molar-refractivity contribution in [1.29, 1.82) is 0 Å². The van der Waals surface area contributed by atoms with Gasteiger partial charge >= 0.3 is 11.7 Å². The van der Waals surface area contributed by atoms with E-state index in [1.807, 2.05) is 0 Å². The largest absolute Gasteiger partial charge is 0.493 e. The van der Waals surface area contributed by atoms with E-state index in [0.717, 1.165) is 24.3 Å². The maximum absolute atomic E-state index is 12.4. The summed E-state index contributed by atoms with van der Waals surface area (Å²) in [7, 11) is 1.33. The summed E-state index contributed by atoms with van der Waals surface area (Å²) in [6.07, 6.45) is 1.29. The van der Waals surface area contributed by atoms with Crippen LogP contribution in [0.5, 0.6) is 11.5 Å². The molecule has 0 unspecified atom stereocenters. The Labute approximate surface area is 195 Å². The number of methoxy groups -OCH3 is 1. The molecule has 0 aliphatic rings. The van der Waals surface area contributed by atoms with Crippen molar-refractivity contribution < 1.29 is 29.0 Å². The normalized spacial score (nSPS) is 10.5. The fourth-order valence-corrected chi connectivity index (χ4v) is 2.81. The lowest BCUT2D eigenvalue weighted by Gasteiger charge is -2.10. The molecule has 0 heterocycles. The first-order valence-corrected chi connectivity index (χ1v) is 9.56. The van der Waals surface area contributed by atoms with Gasteiger partial charge in [0.25, 0.3) is 11.4 Å². The van der Waals surface area contributed by atoms with E-state index in [9.17, 15) is 35.1 Å². The van der Waals surface area contributed by atoms with E-state index in [2.05, 4.69) is 10.5 Å². The fraction of sp³-hybridized carbons (Fsp3) is 0.0476. The number of nitro groups is 3. The number of carbonyl (C=O) groups is 1. The molecule has 0 bridgehead atoms. The third-order valence-electron chi connectivity index (χ3n) is 4.47. The Balaban J connectivity index is 1.76. The summed E-state index contributed by atoms with van der Waals surface area (Å²) in [5.41, 5.74) is 1.58. The van der Waals surface area contributed by atoms with Gasteiger partial charge in [0, 0.05) is 18.2 Å². The van der Waals surface area contributed by atoms with Crippen molar-refractivity contribution in [1.82, 2.24) is 0 Å². The minimum absolute atomic E-state index is 0.0271. The predicted octanol–water partition coefficient (Wildman–Crippen LogP) is 4.09. The first kappa shape index (κ1) is 24.2. The highest BCUT2D eigenvalue weighted by molar-refractivity contribution is 5.92. The lowest BCUT2D eigenvalue weighted by atomic mass is 10.2. The molecule has 178 valence electrons. The second-order valence-corrected chi connectivity index (χ2v) is 6.69. The molecular weight excluding hydrogens is 466 g/mol. The summed E-state index contributed by atoms with van der Waals surface area (Å²) in [6.45, 7) is 0. The number of ether oxygens (including phenoxy) is 2. The van der Waals surface area contributed by atoms with Gasteiger partial charge in [0.15, 0.2) is 11.5 Å². The molecule has 0 aliphatic heterocycles. The van der Waals surface area contributed by atoms with Gasteiger partial charge in [-0.15, -0.1) is 0 Å². The average molecular weight is 481 g/mol. The number of hydrogen-bond donors (Lipinski definition) is 1. The van der Waals surface area contributed by atoms with Crippen molar-refractivity contribution in [3.05, 3.63) is 102 Å². The highest BCUT2D eigenvalue weighted by Crippen LogP contribution is 2.30. The fourth-order valence-electron chi connectivity index (χ4n) is 2.81. The minimum Gasteiger partial charge on any atom is -0.493 e. The van der Waals surface area contributed by atoms with Crippen LogP contribution in [0.3, 0.4) is 0 Å². The smallest absolute Gasteiger partial charge is 0.343 e. The second-order valence-electron chi connectivity index (χ2n) is 6.69. The van der Waals surface area contributed by atoms with Crippen LogP contribution < -0.4 is 14.9 Å². The van der Waals surface area contributed by atoms with Crippen LogP contribution in [-0.4, -0.2) is 34.1 Å². The Morgan fingerprint density at radius 1 is 0.886 bits per heavy atom. The van der Waals surface area contributed by atoms with Crippen molar-refractivity contribution in [3.8, 4) is 11.5 Å². The molecule has 0 saturated heterocycles. The van der Waals surface area contributed by atoms with E-state index in [0.29, 0.717) is 5.56 Å². The van der Waals surface area contributed by atoms with Gasteiger partial charge in [0.2, 0.25) is 0 Å². The molecule has 0 amide bonds. The molecule has 3 aromatic carbocycles. The SMILES string of the molecule is COc1cc(/C=N/Nc2ccc([N+](=O)[O-])cc2[N+](=O)[O-])ccc1OC(=O)c1cccc([N+](=O)[O-])c1. The number of anilines is 1. The molecular formula is C21H15N5O9. The number of benzene rings is 3. The van der Waals surface area contributed by atoms with E-state index < -0.39 is 32.1 Å². The molecule has 0 spiro atoms. The van der Waals surface area contributed by atoms with E-state index in [-0.39, 0.29) is 28.4 Å². The first-order valence-electron chi connectivity index (χ1n) is 9.56. The summed E-state index contributed by atoms with van der Waals surface area (Å²) in [5, 5.41) is 36.8. The average Bonchev–Trinajstić information content (AvgIpc) is 2.84. The molecule has 0 saturated carbocycles. The van der Waals surface area contributed by atoms with E-state index in [1.165, 1.54) is 49.7 Å². The monoisotopic (exact) mass is 481 g/mol. The highest BCUT2D eigenvalue weighted by atomic mass is 16.6. The molecule has 0 aliphatic carbocycles. The van der Waals surface area contributed by atoms with Crippen molar-refractivity contribution in [2.24, 2.45) is 5.10 Å². The zero-order chi connectivity index (χ0) is 25.5. The Kier molecular flexibility index (Phi) is 7.26. The summed E-state index contributed by atoms with van der Waals surface area (Å²) < 4.78 is 10.5. The van der Waals surface area contributed by atoms with Gasteiger partial charge in [-0.2, -0.15) is 5.10 Å². The van der Waals surface area contributed by atoms with Gasteiger partial charge in [0.05, 0.1) is 39.7 Å². The maximum Gasteiger partial charge on any atom is 0.343 e. The van der Waals surface area contributed by atoms with Crippen molar-refractivity contribution in [2.75, 3.05) is 12.5 Å². The summed E-state index contributed by atoms with van der Waals surface area (Å²) in [4.78, 5) is 43.1. The van der Waals surface area contributed by atoms with Crippen molar-refractivity contribution in [2.45, 2.75) is 0 Å². The molecule has 0 atom stereocenters. The van der Waals surface area contributed by atoms with Crippen LogP contribution >= 0.6 is 0 Å². The number of nitrogens with zero attached hydrogens (tertiary/aromatic N) is 4. The number of nitro benzene ring substituents is 3. The Bertz CT molecular complexity index is 1360. The molecule has 35 heavy (non-hydrogen) atoms. The molecule has 1 N–H and O–H groups in total. The number of nitrogens with one attached hydrogen (secondary N) is 1. The Morgan fingerprint density at radius 3 is 2.26 bits per heavy atom. The third-order valence-corrected chi connectivity index (χ3v) is 4.47. The molecule has 0 fully saturated rings. The molecule has 0 radical (unpaired) electrons. The number of non-ortho nitro benzene ring substituents is 2. The van der Waals surface area contributed by atoms with Gasteiger partial charge in [-0.25, -0.2) is 4.79 Å². The van der Waals surface area contributed by atoms with Gasteiger partial charge < -0.3 is 9.47 Å². The number of rotatable bonds is 9. The van der Waals surface area contributed by atoms with E-state index in [1.54, 1.807) is 0 Å². The number of hydrogen-bond acceptors (Lipinski definition) is 11. The van der Waals surface area contributed by atoms with Crippen molar-refractivity contribution >= 4 is 34.9 Å². The van der Waals surface area contributed by atoms with Crippen LogP contribution in [0, 0.1) is 30.3 Å². The Morgan fingerprint density at radius 2 is 1.60 bits per heavy atom. The first-order chi connectivity index (χ1) is 16.7. The molecule has 3 rings (SSSR count). The molecule has 3 aromatic rings. The van der Waals surface area contributed by atoms with Crippen LogP contribution in [0.15, 0.2) is 65.8 Å². The quantitative estimate of drug-likeness (QED) is 0.153. The highest BCUT2D eigenvalue weighted by Gasteiger charge is 2.19. The lowest BCUT2D eigenvalue weighted by molar-refractivity contribution is -0.393. The van der Waals surface area contributed by atoms with Gasteiger partial charge in [0.1, 0.15) is 5.69 Å². The lowest BCUT2D eigenvalue weighted by Crippen LogP contribution is -2.09. The zero-order valence-electron chi connectivity index (χ0n) is 17.8. The zero-order valence-corrected chi connectivity index (χ0v) is 17.8. The molecule has 14 heteroatoms. The van der Waals surface area contributed by atoms with E-state index >= 15 is 0 Å². The number of hydrazone groups is 1. The number of esters is 1. The van der Waals surface area contributed by atoms with Crippen LogP contribution in [0.1, 0.15) is 15.9 Å². The Hall–Kier alpha value is -5.40. The third kappa shape index (κ3) is 5.89.